The van der Waals surface area contributed by atoms with Crippen LogP contribution in [-0.4, -0.2) is 35.8 Å². The highest BCUT2D eigenvalue weighted by atomic mass is 127. The molecule has 0 saturated carbocycles. The molecule has 2 aromatic rings. The normalized spacial score (nSPS) is 28.5. The Hall–Kier alpha value is 0.0500. The third-order valence-corrected chi connectivity index (χ3v) is 7.87. The molecular formula is C19H26INOS2. The minimum Gasteiger partial charge on any atom is -1.00 e. The molecule has 0 amide bonds. The first-order valence-corrected chi connectivity index (χ1v) is 10.5. The van der Waals surface area contributed by atoms with Gasteiger partial charge in [0.25, 0.3) is 0 Å². The zero-order valence-corrected chi connectivity index (χ0v) is 18.1. The van der Waals surface area contributed by atoms with Crippen molar-refractivity contribution in [2.75, 3.05) is 14.1 Å². The fourth-order valence-electron chi connectivity index (χ4n) is 4.98. The molecule has 1 N–H and O–H groups in total. The van der Waals surface area contributed by atoms with Gasteiger partial charge in [-0.25, -0.2) is 0 Å². The van der Waals surface area contributed by atoms with Crippen molar-refractivity contribution >= 4 is 22.7 Å². The predicted octanol–water partition coefficient (Wildman–Crippen LogP) is 1.46. The van der Waals surface area contributed by atoms with Gasteiger partial charge in [0.05, 0.1) is 26.2 Å². The molecule has 2 aliphatic rings. The summed E-state index contributed by atoms with van der Waals surface area (Å²) in [4.78, 5) is 0. The van der Waals surface area contributed by atoms with Crippen LogP contribution in [0.15, 0.2) is 33.7 Å². The number of nitrogens with zero attached hydrogens (tertiary/aromatic N) is 1. The molecule has 2 fully saturated rings. The molecule has 0 radical (unpaired) electrons. The van der Waals surface area contributed by atoms with Crippen molar-refractivity contribution < 1.29 is 33.6 Å². The average molecular weight is 475 g/mol. The Labute approximate surface area is 170 Å². The Kier molecular flexibility index (Phi) is 5.48. The third-order valence-electron chi connectivity index (χ3n) is 6.51. The summed E-state index contributed by atoms with van der Waals surface area (Å²) >= 11 is 3.36. The average Bonchev–Trinajstić information content (AvgIpc) is 3.22. The molecule has 2 aliphatic heterocycles. The van der Waals surface area contributed by atoms with E-state index in [0.717, 1.165) is 29.6 Å². The molecule has 2 atom stereocenters. The molecule has 2 unspecified atom stereocenters. The van der Waals surface area contributed by atoms with E-state index in [4.69, 9.17) is 0 Å². The highest BCUT2D eigenvalue weighted by Gasteiger charge is 2.50. The van der Waals surface area contributed by atoms with Crippen LogP contribution in [0.4, 0.5) is 0 Å². The van der Waals surface area contributed by atoms with Crippen molar-refractivity contribution in [3.8, 4) is 0 Å². The summed E-state index contributed by atoms with van der Waals surface area (Å²) in [5, 5.41) is 20.0. The molecule has 0 aromatic carbocycles. The number of aliphatic hydroxyl groups is 1. The Bertz CT molecular complexity index is 603. The summed E-state index contributed by atoms with van der Waals surface area (Å²) in [7, 11) is 4.81. The van der Waals surface area contributed by atoms with Crippen molar-refractivity contribution in [1.82, 2.24) is 0 Å². The van der Waals surface area contributed by atoms with Crippen LogP contribution in [0.1, 0.15) is 43.2 Å². The van der Waals surface area contributed by atoms with Crippen LogP contribution in [0, 0.1) is 5.92 Å². The van der Waals surface area contributed by atoms with E-state index < -0.39 is 5.60 Å². The van der Waals surface area contributed by atoms with Gasteiger partial charge in [-0.15, -0.1) is 0 Å². The lowest BCUT2D eigenvalue weighted by Gasteiger charge is -2.45. The smallest absolute Gasteiger partial charge is 0.116 e. The summed E-state index contributed by atoms with van der Waals surface area (Å²) in [5.74, 6) is 0.628. The zero-order valence-electron chi connectivity index (χ0n) is 14.3. The Morgan fingerprint density at radius 3 is 1.96 bits per heavy atom. The maximum atomic E-state index is 11.6. The van der Waals surface area contributed by atoms with Crippen molar-refractivity contribution in [3.05, 3.63) is 44.8 Å². The van der Waals surface area contributed by atoms with Gasteiger partial charge in [-0.05, 0) is 57.1 Å². The van der Waals surface area contributed by atoms with E-state index in [1.165, 1.54) is 30.2 Å². The van der Waals surface area contributed by atoms with Gasteiger partial charge in [0.15, 0.2) is 0 Å². The van der Waals surface area contributed by atoms with Crippen molar-refractivity contribution in [3.63, 3.8) is 0 Å². The van der Waals surface area contributed by atoms with E-state index in [-0.39, 0.29) is 24.0 Å². The summed E-state index contributed by atoms with van der Waals surface area (Å²) < 4.78 is 1.20. The Balaban J connectivity index is 0.00000169. The fourth-order valence-corrected chi connectivity index (χ4v) is 6.43. The molecule has 24 heavy (non-hydrogen) atoms. The maximum absolute atomic E-state index is 11.6. The standard InChI is InChI=1S/C19H26NOS2.HI/c1-20(2)17-3-4-18(20)10-14(9-17)11-19(21,15-5-7-22-12-15)16-6-8-23-13-16;/h5-8,12-14,17-18,21H,3-4,9-11H2,1-2H3;1H/q+1;/p-1. The summed E-state index contributed by atoms with van der Waals surface area (Å²) in [6.07, 6.45) is 6.13. The van der Waals surface area contributed by atoms with E-state index in [0.29, 0.717) is 5.92 Å². The molecule has 132 valence electrons. The van der Waals surface area contributed by atoms with Crippen LogP contribution < -0.4 is 24.0 Å². The van der Waals surface area contributed by atoms with Crippen LogP contribution in [-0.2, 0) is 5.60 Å². The van der Waals surface area contributed by atoms with Crippen LogP contribution in [0.5, 0.6) is 0 Å². The SMILES string of the molecule is C[N+]1(C)C2CCC1CC(CC(O)(c1ccsc1)c1ccsc1)C2.[I-]. The quantitative estimate of drug-likeness (QED) is 0.525. The van der Waals surface area contributed by atoms with E-state index >= 15 is 0 Å². The first-order chi connectivity index (χ1) is 11.0. The second-order valence-electron chi connectivity index (χ2n) is 7.94. The number of quaternary nitrogens is 1. The lowest BCUT2D eigenvalue weighted by Crippen LogP contribution is -3.00. The van der Waals surface area contributed by atoms with Gasteiger partial charge in [0, 0.05) is 25.7 Å². The Morgan fingerprint density at radius 2 is 1.54 bits per heavy atom. The van der Waals surface area contributed by atoms with Crippen LogP contribution in [0.2, 0.25) is 0 Å². The van der Waals surface area contributed by atoms with Gasteiger partial charge in [-0.3, -0.25) is 0 Å². The molecule has 4 rings (SSSR count). The monoisotopic (exact) mass is 475 g/mol. The predicted molar refractivity (Wildman–Crippen MR) is 97.9 cm³/mol. The minimum atomic E-state index is -0.807. The second kappa shape index (κ2) is 6.99. The summed E-state index contributed by atoms with van der Waals surface area (Å²) in [6, 6.07) is 5.76. The lowest BCUT2D eigenvalue weighted by atomic mass is 9.76. The van der Waals surface area contributed by atoms with Gasteiger partial charge >= 0.3 is 0 Å². The minimum absolute atomic E-state index is 0. The number of thiophene rings is 2. The van der Waals surface area contributed by atoms with Gasteiger partial charge in [0.2, 0.25) is 0 Å². The molecule has 0 aliphatic carbocycles. The first kappa shape index (κ1) is 18.8. The maximum Gasteiger partial charge on any atom is 0.116 e. The molecule has 2 bridgehead atoms. The lowest BCUT2D eigenvalue weighted by molar-refractivity contribution is -0.931. The largest absolute Gasteiger partial charge is 1.00 e. The molecule has 2 aromatic heterocycles. The molecule has 4 heterocycles. The van der Waals surface area contributed by atoms with Crippen LogP contribution >= 0.6 is 22.7 Å². The second-order valence-corrected chi connectivity index (χ2v) is 9.50. The van der Waals surface area contributed by atoms with Crippen LogP contribution in [0.25, 0.3) is 0 Å². The van der Waals surface area contributed by atoms with Gasteiger partial charge < -0.3 is 33.6 Å². The van der Waals surface area contributed by atoms with E-state index in [9.17, 15) is 5.11 Å². The van der Waals surface area contributed by atoms with E-state index in [1.807, 2.05) is 0 Å². The highest BCUT2D eigenvalue weighted by molar-refractivity contribution is 7.08. The van der Waals surface area contributed by atoms with Crippen molar-refractivity contribution in [1.29, 1.82) is 0 Å². The number of rotatable bonds is 4. The zero-order chi connectivity index (χ0) is 16.1. The van der Waals surface area contributed by atoms with E-state index in [1.54, 1.807) is 22.7 Å². The van der Waals surface area contributed by atoms with Crippen molar-refractivity contribution in [2.45, 2.75) is 49.8 Å². The molecular weight excluding hydrogens is 449 g/mol. The summed E-state index contributed by atoms with van der Waals surface area (Å²) in [5.41, 5.74) is 1.35. The number of halogens is 1. The van der Waals surface area contributed by atoms with Gasteiger partial charge in [0.1, 0.15) is 5.60 Å². The molecule has 0 spiro atoms. The highest BCUT2D eigenvalue weighted by Crippen LogP contribution is 2.47. The molecule has 2 saturated heterocycles. The fraction of sp³-hybridized carbons (Fsp3) is 0.579. The number of hydrogen-bond donors (Lipinski definition) is 1. The third kappa shape index (κ3) is 3.11. The topological polar surface area (TPSA) is 20.2 Å². The van der Waals surface area contributed by atoms with Crippen LogP contribution in [0.3, 0.4) is 0 Å². The van der Waals surface area contributed by atoms with Gasteiger partial charge in [-0.2, -0.15) is 22.7 Å². The number of hydrogen-bond acceptors (Lipinski definition) is 3. The molecule has 5 heteroatoms. The molecule has 2 nitrogen and oxygen atoms in total. The van der Waals surface area contributed by atoms with E-state index in [2.05, 4.69) is 47.7 Å². The Morgan fingerprint density at radius 1 is 1.04 bits per heavy atom. The van der Waals surface area contributed by atoms with Gasteiger partial charge in [-0.1, -0.05) is 0 Å². The van der Waals surface area contributed by atoms with Crippen molar-refractivity contribution in [2.24, 2.45) is 5.92 Å². The number of fused-ring (bicyclic) bond motifs is 2. The summed E-state index contributed by atoms with van der Waals surface area (Å²) in [6.45, 7) is 0. The number of piperidine rings is 1. The first-order valence-electron chi connectivity index (χ1n) is 8.61.